The summed E-state index contributed by atoms with van der Waals surface area (Å²) in [4.78, 5) is 23.9. The average molecular weight is 312 g/mol. The van der Waals surface area contributed by atoms with Crippen molar-refractivity contribution in [3.8, 4) is 5.75 Å². The SMILES string of the molecule is CC(=O)c1c(C)cc(C)c(COC(=O)c2ccc(O)cc2)c1C. The number of aromatic hydroxyl groups is 1. The molecule has 0 atom stereocenters. The van der Waals surface area contributed by atoms with Gasteiger partial charge in [-0.25, -0.2) is 4.79 Å². The van der Waals surface area contributed by atoms with Gasteiger partial charge < -0.3 is 9.84 Å². The maximum Gasteiger partial charge on any atom is 0.338 e. The molecule has 4 nitrogen and oxygen atoms in total. The Hall–Kier alpha value is -2.62. The van der Waals surface area contributed by atoms with Crippen LogP contribution in [0.1, 0.15) is 49.9 Å². The summed E-state index contributed by atoms with van der Waals surface area (Å²) in [7, 11) is 0. The zero-order valence-electron chi connectivity index (χ0n) is 13.8. The third-order valence-corrected chi connectivity index (χ3v) is 3.93. The molecular weight excluding hydrogens is 292 g/mol. The van der Waals surface area contributed by atoms with Gasteiger partial charge in [0.1, 0.15) is 12.4 Å². The maximum atomic E-state index is 12.1. The zero-order valence-corrected chi connectivity index (χ0v) is 13.8. The lowest BCUT2D eigenvalue weighted by atomic mass is 9.92. The van der Waals surface area contributed by atoms with E-state index in [2.05, 4.69) is 0 Å². The van der Waals surface area contributed by atoms with Gasteiger partial charge in [-0.05, 0) is 74.2 Å². The number of Topliss-reactive ketones (excluding diaryl/α,β-unsaturated/α-hetero) is 1. The Morgan fingerprint density at radius 3 is 2.22 bits per heavy atom. The van der Waals surface area contributed by atoms with Crippen molar-refractivity contribution >= 4 is 11.8 Å². The molecule has 4 heteroatoms. The predicted molar refractivity (Wildman–Crippen MR) is 87.9 cm³/mol. The van der Waals surface area contributed by atoms with Crippen LogP contribution < -0.4 is 0 Å². The number of esters is 1. The van der Waals surface area contributed by atoms with Crippen molar-refractivity contribution in [2.75, 3.05) is 0 Å². The van der Waals surface area contributed by atoms with Crippen LogP contribution in [0.4, 0.5) is 0 Å². The molecule has 0 spiro atoms. The highest BCUT2D eigenvalue weighted by atomic mass is 16.5. The predicted octanol–water partition coefficient (Wildman–Crippen LogP) is 3.88. The van der Waals surface area contributed by atoms with Crippen LogP contribution in [0.25, 0.3) is 0 Å². The number of hydrogen-bond acceptors (Lipinski definition) is 4. The second-order valence-electron chi connectivity index (χ2n) is 5.67. The fourth-order valence-corrected chi connectivity index (χ4v) is 2.81. The van der Waals surface area contributed by atoms with Gasteiger partial charge >= 0.3 is 5.97 Å². The molecule has 2 aromatic rings. The van der Waals surface area contributed by atoms with Crippen LogP contribution in [0.3, 0.4) is 0 Å². The summed E-state index contributed by atoms with van der Waals surface area (Å²) in [5, 5.41) is 9.24. The minimum Gasteiger partial charge on any atom is -0.508 e. The van der Waals surface area contributed by atoms with Crippen LogP contribution in [0.2, 0.25) is 0 Å². The highest BCUT2D eigenvalue weighted by Gasteiger charge is 2.16. The molecule has 0 saturated carbocycles. The van der Waals surface area contributed by atoms with E-state index in [4.69, 9.17) is 4.74 Å². The summed E-state index contributed by atoms with van der Waals surface area (Å²) < 4.78 is 5.36. The van der Waals surface area contributed by atoms with Gasteiger partial charge in [-0.15, -0.1) is 0 Å². The normalized spacial score (nSPS) is 10.4. The largest absolute Gasteiger partial charge is 0.508 e. The Morgan fingerprint density at radius 2 is 1.65 bits per heavy atom. The van der Waals surface area contributed by atoms with Gasteiger partial charge in [-0.1, -0.05) is 6.07 Å². The first-order valence-electron chi connectivity index (χ1n) is 7.38. The van der Waals surface area contributed by atoms with E-state index >= 15 is 0 Å². The summed E-state index contributed by atoms with van der Waals surface area (Å²) >= 11 is 0. The molecule has 0 aliphatic rings. The fraction of sp³-hybridized carbons (Fsp3) is 0.263. The molecule has 2 aromatic carbocycles. The van der Waals surface area contributed by atoms with E-state index in [9.17, 15) is 14.7 Å². The smallest absolute Gasteiger partial charge is 0.338 e. The maximum absolute atomic E-state index is 12.1. The first-order chi connectivity index (χ1) is 10.8. The van der Waals surface area contributed by atoms with Crippen LogP contribution in [-0.2, 0) is 11.3 Å². The van der Waals surface area contributed by atoms with Crippen molar-refractivity contribution in [1.29, 1.82) is 0 Å². The number of aryl methyl sites for hydroxylation is 2. The van der Waals surface area contributed by atoms with Crippen LogP contribution in [-0.4, -0.2) is 16.9 Å². The summed E-state index contributed by atoms with van der Waals surface area (Å²) in [6.45, 7) is 7.37. The highest BCUT2D eigenvalue weighted by Crippen LogP contribution is 2.24. The molecule has 23 heavy (non-hydrogen) atoms. The summed E-state index contributed by atoms with van der Waals surface area (Å²) in [5.74, 6) is -0.363. The molecule has 0 radical (unpaired) electrons. The molecule has 0 aliphatic heterocycles. The van der Waals surface area contributed by atoms with Crippen molar-refractivity contribution in [2.45, 2.75) is 34.3 Å². The standard InChI is InChI=1S/C19H20O4/c1-11-9-12(2)18(14(4)20)13(3)17(11)10-23-19(22)15-5-7-16(21)8-6-15/h5-9,21H,10H2,1-4H3. The van der Waals surface area contributed by atoms with Gasteiger partial charge in [0.2, 0.25) is 0 Å². The van der Waals surface area contributed by atoms with Crippen molar-refractivity contribution in [3.05, 3.63) is 63.7 Å². The van der Waals surface area contributed by atoms with Crippen LogP contribution in [0.15, 0.2) is 30.3 Å². The Bertz CT molecular complexity index is 758. The molecule has 0 unspecified atom stereocenters. The molecule has 120 valence electrons. The van der Waals surface area contributed by atoms with Crippen molar-refractivity contribution in [2.24, 2.45) is 0 Å². The van der Waals surface area contributed by atoms with Gasteiger partial charge in [0, 0.05) is 5.56 Å². The molecule has 0 aromatic heterocycles. The van der Waals surface area contributed by atoms with Gasteiger partial charge in [0.05, 0.1) is 5.56 Å². The van der Waals surface area contributed by atoms with Gasteiger partial charge in [-0.3, -0.25) is 4.79 Å². The van der Waals surface area contributed by atoms with Gasteiger partial charge in [0.15, 0.2) is 5.78 Å². The van der Waals surface area contributed by atoms with Crippen molar-refractivity contribution < 1.29 is 19.4 Å². The number of ketones is 1. The van der Waals surface area contributed by atoms with E-state index < -0.39 is 5.97 Å². The van der Waals surface area contributed by atoms with E-state index in [0.29, 0.717) is 11.1 Å². The fourth-order valence-electron chi connectivity index (χ4n) is 2.81. The molecule has 0 saturated heterocycles. The van der Waals surface area contributed by atoms with Crippen LogP contribution in [0.5, 0.6) is 5.75 Å². The van der Waals surface area contributed by atoms with Gasteiger partial charge in [0.25, 0.3) is 0 Å². The average Bonchev–Trinajstić information content (AvgIpc) is 2.46. The van der Waals surface area contributed by atoms with E-state index in [1.165, 1.54) is 31.2 Å². The Kier molecular flexibility index (Phi) is 4.84. The topological polar surface area (TPSA) is 63.6 Å². The van der Waals surface area contributed by atoms with Crippen LogP contribution in [0, 0.1) is 20.8 Å². The minimum atomic E-state index is -0.464. The summed E-state index contributed by atoms with van der Waals surface area (Å²) in [6.07, 6.45) is 0. The lowest BCUT2D eigenvalue weighted by molar-refractivity contribution is 0.0471. The first-order valence-corrected chi connectivity index (χ1v) is 7.38. The van der Waals surface area contributed by atoms with Gasteiger partial charge in [-0.2, -0.15) is 0 Å². The third kappa shape index (κ3) is 3.59. The van der Waals surface area contributed by atoms with Crippen LogP contribution >= 0.6 is 0 Å². The molecule has 1 N–H and O–H groups in total. The zero-order chi connectivity index (χ0) is 17.1. The molecule has 0 heterocycles. The molecule has 0 fully saturated rings. The number of hydrogen-bond donors (Lipinski definition) is 1. The lowest BCUT2D eigenvalue weighted by Gasteiger charge is -2.16. The number of benzene rings is 2. The number of ether oxygens (including phenoxy) is 1. The summed E-state index contributed by atoms with van der Waals surface area (Å²) in [6, 6.07) is 7.83. The number of carbonyl (C=O) groups is 2. The molecule has 2 rings (SSSR count). The monoisotopic (exact) mass is 312 g/mol. The van der Waals surface area contributed by atoms with E-state index in [1.807, 2.05) is 26.8 Å². The summed E-state index contributed by atoms with van der Waals surface area (Å²) in [5.41, 5.74) is 4.69. The van der Waals surface area contributed by atoms with Crippen molar-refractivity contribution in [3.63, 3.8) is 0 Å². The minimum absolute atomic E-state index is 0.00566. The number of rotatable bonds is 4. The second kappa shape index (κ2) is 6.65. The Balaban J connectivity index is 2.23. The Morgan fingerprint density at radius 1 is 1.04 bits per heavy atom. The Labute approximate surface area is 135 Å². The van der Waals surface area contributed by atoms with E-state index in [-0.39, 0.29) is 18.1 Å². The second-order valence-corrected chi connectivity index (χ2v) is 5.67. The first kappa shape index (κ1) is 16.7. The molecule has 0 bridgehead atoms. The lowest BCUT2D eigenvalue weighted by Crippen LogP contribution is -2.10. The number of phenolic OH excluding ortho intramolecular Hbond substituents is 1. The van der Waals surface area contributed by atoms with E-state index in [0.717, 1.165) is 22.3 Å². The molecule has 0 amide bonds. The number of carbonyl (C=O) groups excluding carboxylic acids is 2. The van der Waals surface area contributed by atoms with Crippen molar-refractivity contribution in [1.82, 2.24) is 0 Å². The highest BCUT2D eigenvalue weighted by molar-refractivity contribution is 5.97. The number of phenols is 1. The van der Waals surface area contributed by atoms with E-state index in [1.54, 1.807) is 0 Å². The third-order valence-electron chi connectivity index (χ3n) is 3.93. The molecular formula is C19H20O4. The molecule has 0 aliphatic carbocycles. The quantitative estimate of drug-likeness (QED) is 0.687.